The average molecular weight is 478 g/mol. The van der Waals surface area contributed by atoms with Gasteiger partial charge in [0, 0.05) is 17.7 Å². The fraction of sp³-hybridized carbons (Fsp3) is 0.136. The predicted molar refractivity (Wildman–Crippen MR) is 115 cm³/mol. The Bertz CT molecular complexity index is 1320. The standard InChI is InChI=1S/C22H17F3N2O5S/c1-2-14-6-9-18(10-7-14)33(31,32)26-20-11-8-17(27(29)30)13-19(20)21(28)15-4-3-5-16(12-15)22(23,24)25/h3-13,26H,2H2,1H3. The number of carbonyl (C=O) groups is 1. The van der Waals surface area contributed by atoms with Crippen molar-refractivity contribution >= 4 is 27.2 Å². The number of non-ortho nitro benzene ring substituents is 1. The second-order valence-corrected chi connectivity index (χ2v) is 8.68. The third-order valence-corrected chi connectivity index (χ3v) is 6.18. The van der Waals surface area contributed by atoms with Crippen LogP contribution in [0.15, 0.2) is 71.6 Å². The Balaban J connectivity index is 2.07. The quantitative estimate of drug-likeness (QED) is 0.285. The van der Waals surface area contributed by atoms with Gasteiger partial charge in [0.1, 0.15) is 0 Å². The lowest BCUT2D eigenvalue weighted by Gasteiger charge is -2.13. The number of hydrogen-bond donors (Lipinski definition) is 1. The van der Waals surface area contributed by atoms with E-state index >= 15 is 0 Å². The minimum absolute atomic E-state index is 0.115. The Hall–Kier alpha value is -3.73. The molecule has 0 aliphatic heterocycles. The molecule has 33 heavy (non-hydrogen) atoms. The van der Waals surface area contributed by atoms with Crippen LogP contribution in [-0.2, 0) is 22.6 Å². The highest BCUT2D eigenvalue weighted by Gasteiger charge is 2.31. The van der Waals surface area contributed by atoms with Gasteiger partial charge in [-0.25, -0.2) is 8.42 Å². The molecule has 0 saturated heterocycles. The number of rotatable bonds is 7. The van der Waals surface area contributed by atoms with Crippen LogP contribution in [0, 0.1) is 10.1 Å². The smallest absolute Gasteiger partial charge is 0.289 e. The van der Waals surface area contributed by atoms with E-state index in [0.29, 0.717) is 12.5 Å². The Morgan fingerprint density at radius 2 is 1.70 bits per heavy atom. The first-order valence-electron chi connectivity index (χ1n) is 9.54. The molecule has 7 nitrogen and oxygen atoms in total. The number of benzene rings is 3. The van der Waals surface area contributed by atoms with Gasteiger partial charge in [-0.1, -0.05) is 31.2 Å². The second-order valence-electron chi connectivity index (χ2n) is 7.00. The van der Waals surface area contributed by atoms with Gasteiger partial charge in [-0.15, -0.1) is 0 Å². The fourth-order valence-corrected chi connectivity index (χ4v) is 4.10. The number of nitro benzene ring substituents is 1. The number of anilines is 1. The van der Waals surface area contributed by atoms with E-state index in [1.165, 1.54) is 12.1 Å². The topological polar surface area (TPSA) is 106 Å². The fourth-order valence-electron chi connectivity index (χ4n) is 3.02. The average Bonchev–Trinajstić information content (AvgIpc) is 2.78. The summed E-state index contributed by atoms with van der Waals surface area (Å²) in [7, 11) is -4.19. The van der Waals surface area contributed by atoms with E-state index in [1.807, 2.05) is 6.92 Å². The maximum absolute atomic E-state index is 13.1. The number of carbonyl (C=O) groups excluding carboxylic acids is 1. The summed E-state index contributed by atoms with van der Waals surface area (Å²) in [6.07, 6.45) is -4.03. The van der Waals surface area contributed by atoms with E-state index < -0.39 is 49.3 Å². The molecular formula is C22H17F3N2O5S. The SMILES string of the molecule is CCc1ccc(S(=O)(=O)Nc2ccc([N+](=O)[O-])cc2C(=O)c2cccc(C(F)(F)F)c2)cc1. The molecule has 172 valence electrons. The monoisotopic (exact) mass is 478 g/mol. The van der Waals surface area contributed by atoms with Crippen molar-refractivity contribution in [1.82, 2.24) is 0 Å². The molecule has 1 N–H and O–H groups in total. The van der Waals surface area contributed by atoms with Crippen molar-refractivity contribution < 1.29 is 31.3 Å². The minimum Gasteiger partial charge on any atom is -0.289 e. The molecule has 0 radical (unpaired) electrons. The molecule has 3 aromatic rings. The van der Waals surface area contributed by atoms with Gasteiger partial charge in [0.05, 0.1) is 26.6 Å². The Kier molecular flexibility index (Phi) is 6.54. The molecule has 0 atom stereocenters. The summed E-state index contributed by atoms with van der Waals surface area (Å²) >= 11 is 0. The zero-order valence-corrected chi connectivity index (χ0v) is 17.9. The van der Waals surface area contributed by atoms with Crippen LogP contribution in [0.1, 0.15) is 34.0 Å². The first-order chi connectivity index (χ1) is 15.4. The van der Waals surface area contributed by atoms with Gasteiger partial charge >= 0.3 is 6.18 Å². The first kappa shape index (κ1) is 23.9. The molecule has 0 bridgehead atoms. The van der Waals surface area contributed by atoms with Crippen LogP contribution in [0.3, 0.4) is 0 Å². The normalized spacial score (nSPS) is 11.8. The lowest BCUT2D eigenvalue weighted by atomic mass is 9.99. The highest BCUT2D eigenvalue weighted by molar-refractivity contribution is 7.92. The highest BCUT2D eigenvalue weighted by Crippen LogP contribution is 2.32. The summed E-state index contributed by atoms with van der Waals surface area (Å²) in [5.41, 5.74) is -1.89. The summed E-state index contributed by atoms with van der Waals surface area (Å²) in [5.74, 6) is -1.01. The number of hydrogen-bond acceptors (Lipinski definition) is 5. The summed E-state index contributed by atoms with van der Waals surface area (Å²) in [6, 6.07) is 12.3. The summed E-state index contributed by atoms with van der Waals surface area (Å²) in [4.78, 5) is 23.3. The Labute approximate surface area is 187 Å². The van der Waals surface area contributed by atoms with Crippen LogP contribution in [0.5, 0.6) is 0 Å². The van der Waals surface area contributed by atoms with Gasteiger partial charge in [-0.2, -0.15) is 13.2 Å². The van der Waals surface area contributed by atoms with E-state index in [-0.39, 0.29) is 10.6 Å². The zero-order chi connectivity index (χ0) is 24.4. The number of aryl methyl sites for hydroxylation is 1. The molecule has 0 amide bonds. The van der Waals surface area contributed by atoms with Gasteiger partial charge in [-0.05, 0) is 42.3 Å². The van der Waals surface area contributed by atoms with Crippen molar-refractivity contribution in [3.05, 3.63) is 99.1 Å². The Morgan fingerprint density at radius 1 is 1.03 bits per heavy atom. The van der Waals surface area contributed by atoms with Crippen molar-refractivity contribution in [2.24, 2.45) is 0 Å². The molecule has 0 unspecified atom stereocenters. The van der Waals surface area contributed by atoms with E-state index in [9.17, 15) is 36.5 Å². The van der Waals surface area contributed by atoms with Crippen LogP contribution in [0.25, 0.3) is 0 Å². The van der Waals surface area contributed by atoms with Crippen molar-refractivity contribution in [2.75, 3.05) is 4.72 Å². The van der Waals surface area contributed by atoms with E-state index in [0.717, 1.165) is 42.0 Å². The molecule has 0 heterocycles. The van der Waals surface area contributed by atoms with Gasteiger partial charge in [0.15, 0.2) is 5.78 Å². The van der Waals surface area contributed by atoms with Crippen LogP contribution in [0.2, 0.25) is 0 Å². The van der Waals surface area contributed by atoms with E-state index in [4.69, 9.17) is 0 Å². The first-order valence-corrected chi connectivity index (χ1v) is 11.0. The summed E-state index contributed by atoms with van der Waals surface area (Å²) in [5, 5.41) is 11.2. The third kappa shape index (κ3) is 5.37. The van der Waals surface area contributed by atoms with Gasteiger partial charge in [-0.3, -0.25) is 19.6 Å². The molecule has 0 fully saturated rings. The number of nitrogens with zero attached hydrogens (tertiary/aromatic N) is 1. The van der Waals surface area contributed by atoms with Crippen LogP contribution in [0.4, 0.5) is 24.5 Å². The summed E-state index contributed by atoms with van der Waals surface area (Å²) < 4.78 is 67.0. The number of ketones is 1. The maximum atomic E-state index is 13.1. The lowest BCUT2D eigenvalue weighted by molar-refractivity contribution is -0.384. The molecular weight excluding hydrogens is 461 g/mol. The van der Waals surface area contributed by atoms with Crippen molar-refractivity contribution in [3.8, 4) is 0 Å². The number of nitrogens with one attached hydrogen (secondary N) is 1. The molecule has 0 aliphatic rings. The zero-order valence-electron chi connectivity index (χ0n) is 17.1. The van der Waals surface area contributed by atoms with Crippen molar-refractivity contribution in [2.45, 2.75) is 24.4 Å². The van der Waals surface area contributed by atoms with Crippen LogP contribution < -0.4 is 4.72 Å². The van der Waals surface area contributed by atoms with Crippen molar-refractivity contribution in [3.63, 3.8) is 0 Å². The van der Waals surface area contributed by atoms with Gasteiger partial charge in [0.2, 0.25) is 0 Å². The Morgan fingerprint density at radius 3 is 2.27 bits per heavy atom. The number of sulfonamides is 1. The molecule has 0 aromatic heterocycles. The van der Waals surface area contributed by atoms with Gasteiger partial charge in [0.25, 0.3) is 15.7 Å². The van der Waals surface area contributed by atoms with Gasteiger partial charge < -0.3 is 0 Å². The molecule has 0 aliphatic carbocycles. The summed E-state index contributed by atoms with van der Waals surface area (Å²) in [6.45, 7) is 1.89. The van der Waals surface area contributed by atoms with E-state index in [1.54, 1.807) is 12.1 Å². The van der Waals surface area contributed by atoms with E-state index in [2.05, 4.69) is 4.72 Å². The van der Waals surface area contributed by atoms with Crippen LogP contribution >= 0.6 is 0 Å². The second kappa shape index (κ2) is 9.02. The molecule has 0 saturated carbocycles. The largest absolute Gasteiger partial charge is 0.416 e. The number of alkyl halides is 3. The number of halogens is 3. The number of nitro groups is 1. The molecule has 3 aromatic carbocycles. The molecule has 0 spiro atoms. The molecule has 11 heteroatoms. The predicted octanol–water partition coefficient (Wildman–Crippen LogP) is 5.21. The van der Waals surface area contributed by atoms with Crippen molar-refractivity contribution in [1.29, 1.82) is 0 Å². The lowest BCUT2D eigenvalue weighted by Crippen LogP contribution is -2.16. The molecule has 3 rings (SSSR count). The van der Waals surface area contributed by atoms with Crippen LogP contribution in [-0.4, -0.2) is 19.1 Å². The maximum Gasteiger partial charge on any atom is 0.416 e. The minimum atomic E-state index is -4.71. The highest BCUT2D eigenvalue weighted by atomic mass is 32.2. The third-order valence-electron chi connectivity index (χ3n) is 4.80.